The lowest BCUT2D eigenvalue weighted by atomic mass is 9.90. The number of pyridine rings is 1. The van der Waals surface area contributed by atoms with Gasteiger partial charge in [-0.25, -0.2) is 4.98 Å². The van der Waals surface area contributed by atoms with Gasteiger partial charge in [-0.05, 0) is 53.4 Å². The van der Waals surface area contributed by atoms with Gasteiger partial charge in [-0.1, -0.05) is 78.9 Å². The quantitative estimate of drug-likeness (QED) is 0.261. The summed E-state index contributed by atoms with van der Waals surface area (Å²) in [6, 6.07) is 32.4. The molecular formula is C32H27N3O2. The lowest BCUT2D eigenvalue weighted by molar-refractivity contribution is 0.270. The zero-order chi connectivity index (χ0) is 25.8. The largest absolute Gasteiger partial charge is 0.490 e. The molecule has 0 aliphatic rings. The normalized spacial score (nSPS) is 10.7. The predicted octanol–water partition coefficient (Wildman–Crippen LogP) is 7.31. The summed E-state index contributed by atoms with van der Waals surface area (Å²) < 4.78 is 12.3. The van der Waals surface area contributed by atoms with Crippen molar-refractivity contribution in [2.45, 2.75) is 20.5 Å². The molecule has 0 fully saturated rings. The molecule has 0 atom stereocenters. The average Bonchev–Trinajstić information content (AvgIpc) is 2.92. The molecule has 4 aromatic carbocycles. The third kappa shape index (κ3) is 4.70. The van der Waals surface area contributed by atoms with Gasteiger partial charge in [-0.2, -0.15) is 5.26 Å². The fourth-order valence-electron chi connectivity index (χ4n) is 4.71. The minimum atomic E-state index is 0.212. The van der Waals surface area contributed by atoms with E-state index in [0.29, 0.717) is 30.3 Å². The highest BCUT2D eigenvalue weighted by molar-refractivity contribution is 5.91. The van der Waals surface area contributed by atoms with E-state index in [9.17, 15) is 5.26 Å². The van der Waals surface area contributed by atoms with Crippen LogP contribution in [0, 0.1) is 18.3 Å². The number of anilines is 1. The summed E-state index contributed by atoms with van der Waals surface area (Å²) in [5.41, 5.74) is 11.8. The van der Waals surface area contributed by atoms with Crippen LogP contribution in [0.4, 0.5) is 5.82 Å². The van der Waals surface area contributed by atoms with Gasteiger partial charge in [0.25, 0.3) is 0 Å². The predicted molar refractivity (Wildman–Crippen MR) is 148 cm³/mol. The minimum absolute atomic E-state index is 0.212. The summed E-state index contributed by atoms with van der Waals surface area (Å²) in [6.45, 7) is 4.73. The number of rotatable bonds is 7. The Balaban J connectivity index is 1.58. The number of hydrogen-bond acceptors (Lipinski definition) is 5. The first kappa shape index (κ1) is 23.9. The second-order valence-corrected chi connectivity index (χ2v) is 8.71. The van der Waals surface area contributed by atoms with Crippen LogP contribution in [0.1, 0.15) is 23.7 Å². The highest BCUT2D eigenvalue weighted by Gasteiger charge is 2.21. The van der Waals surface area contributed by atoms with Gasteiger partial charge >= 0.3 is 0 Å². The van der Waals surface area contributed by atoms with E-state index in [1.165, 1.54) is 5.39 Å². The van der Waals surface area contributed by atoms with Gasteiger partial charge in [0.05, 0.1) is 6.61 Å². The molecule has 5 nitrogen and oxygen atoms in total. The Morgan fingerprint density at radius 2 is 1.57 bits per heavy atom. The summed E-state index contributed by atoms with van der Waals surface area (Å²) >= 11 is 0. The van der Waals surface area contributed by atoms with Crippen LogP contribution < -0.4 is 15.2 Å². The topological polar surface area (TPSA) is 81.2 Å². The first-order valence-corrected chi connectivity index (χ1v) is 12.2. The van der Waals surface area contributed by atoms with Crippen molar-refractivity contribution in [2.75, 3.05) is 12.3 Å². The molecule has 0 bridgehead atoms. The van der Waals surface area contributed by atoms with E-state index >= 15 is 0 Å². The SMILES string of the molecule is CCOc1cc(-c2c(C#N)c(N)nc(C)c2-c2ccccc2)ccc1OCc1cccc2ccccc12. The molecule has 5 aromatic rings. The van der Waals surface area contributed by atoms with Crippen molar-refractivity contribution in [3.63, 3.8) is 0 Å². The number of ether oxygens (including phenoxy) is 2. The van der Waals surface area contributed by atoms with E-state index in [1.807, 2.05) is 80.6 Å². The second kappa shape index (κ2) is 10.4. The number of benzene rings is 4. The van der Waals surface area contributed by atoms with Crippen molar-refractivity contribution in [1.29, 1.82) is 5.26 Å². The van der Waals surface area contributed by atoms with Crippen LogP contribution in [0.2, 0.25) is 0 Å². The minimum Gasteiger partial charge on any atom is -0.490 e. The summed E-state index contributed by atoms with van der Waals surface area (Å²) in [6.07, 6.45) is 0. The third-order valence-corrected chi connectivity index (χ3v) is 6.38. The first-order valence-electron chi connectivity index (χ1n) is 12.2. The highest BCUT2D eigenvalue weighted by Crippen LogP contribution is 2.42. The van der Waals surface area contributed by atoms with E-state index in [0.717, 1.165) is 38.9 Å². The van der Waals surface area contributed by atoms with Crippen LogP contribution in [0.3, 0.4) is 0 Å². The van der Waals surface area contributed by atoms with Gasteiger partial charge in [0.15, 0.2) is 11.5 Å². The molecule has 5 heteroatoms. The molecule has 5 rings (SSSR count). The molecule has 0 unspecified atom stereocenters. The van der Waals surface area contributed by atoms with Crippen molar-refractivity contribution in [3.8, 4) is 39.8 Å². The Morgan fingerprint density at radius 3 is 2.35 bits per heavy atom. The van der Waals surface area contributed by atoms with Crippen LogP contribution in [0.5, 0.6) is 11.5 Å². The molecule has 182 valence electrons. The number of aryl methyl sites for hydroxylation is 1. The Kier molecular flexibility index (Phi) is 6.74. The molecule has 0 aliphatic heterocycles. The number of nitrogen functional groups attached to an aromatic ring is 1. The van der Waals surface area contributed by atoms with Gasteiger partial charge in [0.1, 0.15) is 24.1 Å². The number of nitrogens with two attached hydrogens (primary N) is 1. The Bertz CT molecular complexity index is 1620. The van der Waals surface area contributed by atoms with Gasteiger partial charge in [0.2, 0.25) is 0 Å². The zero-order valence-corrected chi connectivity index (χ0v) is 20.9. The molecule has 37 heavy (non-hydrogen) atoms. The van der Waals surface area contributed by atoms with E-state index in [1.54, 1.807) is 0 Å². The smallest absolute Gasteiger partial charge is 0.161 e. The Hall–Kier alpha value is -4.82. The molecule has 0 spiro atoms. The summed E-state index contributed by atoms with van der Waals surface area (Å²) in [5.74, 6) is 1.46. The average molecular weight is 486 g/mol. The van der Waals surface area contributed by atoms with E-state index in [-0.39, 0.29) is 5.82 Å². The molecule has 0 aliphatic carbocycles. The van der Waals surface area contributed by atoms with Crippen molar-refractivity contribution < 1.29 is 9.47 Å². The van der Waals surface area contributed by atoms with Crippen molar-refractivity contribution in [2.24, 2.45) is 0 Å². The summed E-state index contributed by atoms with van der Waals surface area (Å²) in [7, 11) is 0. The molecule has 0 radical (unpaired) electrons. The molecule has 0 saturated carbocycles. The van der Waals surface area contributed by atoms with E-state index in [2.05, 4.69) is 35.3 Å². The maximum Gasteiger partial charge on any atom is 0.161 e. The molecule has 1 heterocycles. The fourth-order valence-corrected chi connectivity index (χ4v) is 4.71. The monoisotopic (exact) mass is 485 g/mol. The number of hydrogen-bond donors (Lipinski definition) is 1. The Labute approximate surface area is 216 Å². The van der Waals surface area contributed by atoms with Gasteiger partial charge in [-0.15, -0.1) is 0 Å². The molecule has 1 aromatic heterocycles. The molecular weight excluding hydrogens is 458 g/mol. The van der Waals surface area contributed by atoms with Gasteiger partial charge in [0, 0.05) is 16.8 Å². The maximum absolute atomic E-state index is 10.0. The van der Waals surface area contributed by atoms with Gasteiger partial charge in [-0.3, -0.25) is 0 Å². The van der Waals surface area contributed by atoms with Crippen LogP contribution in [0.25, 0.3) is 33.0 Å². The molecule has 0 saturated heterocycles. The second-order valence-electron chi connectivity index (χ2n) is 8.71. The number of nitriles is 1. The summed E-state index contributed by atoms with van der Waals surface area (Å²) in [5, 5.41) is 12.4. The Morgan fingerprint density at radius 1 is 0.811 bits per heavy atom. The number of aromatic nitrogens is 1. The lowest BCUT2D eigenvalue weighted by Crippen LogP contribution is -2.04. The third-order valence-electron chi connectivity index (χ3n) is 6.38. The summed E-state index contributed by atoms with van der Waals surface area (Å²) in [4.78, 5) is 4.47. The van der Waals surface area contributed by atoms with Crippen molar-refractivity contribution in [1.82, 2.24) is 4.98 Å². The molecule has 0 amide bonds. The van der Waals surface area contributed by atoms with Crippen LogP contribution in [-0.4, -0.2) is 11.6 Å². The van der Waals surface area contributed by atoms with E-state index < -0.39 is 0 Å². The van der Waals surface area contributed by atoms with Crippen molar-refractivity contribution in [3.05, 3.63) is 108 Å². The van der Waals surface area contributed by atoms with Gasteiger partial charge < -0.3 is 15.2 Å². The highest BCUT2D eigenvalue weighted by atomic mass is 16.5. The maximum atomic E-state index is 10.0. The van der Waals surface area contributed by atoms with Crippen LogP contribution in [0.15, 0.2) is 91.0 Å². The van der Waals surface area contributed by atoms with Crippen molar-refractivity contribution >= 4 is 16.6 Å². The fraction of sp³-hybridized carbons (Fsp3) is 0.125. The molecule has 2 N–H and O–H groups in total. The standard InChI is InChI=1S/C32H27N3O2/c1-3-36-29-18-24(16-17-28(29)37-20-25-14-9-13-22-10-7-8-15-26(22)25)31-27(19-33)32(34)35-21(2)30(31)23-11-5-4-6-12-23/h4-18H,3,20H2,1-2H3,(H2,34,35). The zero-order valence-electron chi connectivity index (χ0n) is 20.9. The van der Waals surface area contributed by atoms with E-state index in [4.69, 9.17) is 15.2 Å². The van der Waals surface area contributed by atoms with Crippen LogP contribution in [-0.2, 0) is 6.61 Å². The lowest BCUT2D eigenvalue weighted by Gasteiger charge is -2.18. The first-order chi connectivity index (χ1) is 18.1. The number of nitrogens with zero attached hydrogens (tertiary/aromatic N) is 2. The van der Waals surface area contributed by atoms with Crippen LogP contribution >= 0.6 is 0 Å². The number of fused-ring (bicyclic) bond motifs is 1.